The quantitative estimate of drug-likeness (QED) is 0.246. The number of amides is 2. The molecule has 1 fully saturated rings. The second-order valence-corrected chi connectivity index (χ2v) is 10.1. The molecular formula is C25H28Cl2N4O4S. The lowest BCUT2D eigenvalue weighted by Gasteiger charge is -2.34. The number of nitro groups is 1. The number of carbonyl (C=O) groups excluding carboxylic acids is 2. The third-order valence-corrected chi connectivity index (χ3v) is 7.67. The van der Waals surface area contributed by atoms with Crippen molar-refractivity contribution >= 4 is 58.5 Å². The largest absolute Gasteiger partial charge is 0.342 e. The zero-order valence-corrected chi connectivity index (χ0v) is 22.5. The minimum absolute atomic E-state index is 0.0768. The number of rotatable bonds is 9. The van der Waals surface area contributed by atoms with E-state index in [0.717, 1.165) is 0 Å². The molecule has 0 atom stereocenters. The Morgan fingerprint density at radius 3 is 2.33 bits per heavy atom. The second-order valence-electron chi connectivity index (χ2n) is 8.16. The molecule has 1 aliphatic heterocycles. The molecule has 11 heteroatoms. The Labute approximate surface area is 225 Å². The predicted octanol–water partition coefficient (Wildman–Crippen LogP) is 5.08. The maximum Gasteiger partial charge on any atom is 0.283 e. The molecule has 0 bridgehead atoms. The fourth-order valence-electron chi connectivity index (χ4n) is 3.81. The Morgan fingerprint density at radius 1 is 1.06 bits per heavy atom. The van der Waals surface area contributed by atoms with Crippen LogP contribution in [0, 0.1) is 10.1 Å². The van der Waals surface area contributed by atoms with Gasteiger partial charge >= 0.3 is 0 Å². The molecule has 8 nitrogen and oxygen atoms in total. The molecule has 1 heterocycles. The lowest BCUT2D eigenvalue weighted by atomic mass is 10.2. The third-order valence-electron chi connectivity index (χ3n) is 5.87. The molecule has 192 valence electrons. The number of benzene rings is 2. The van der Waals surface area contributed by atoms with Gasteiger partial charge in [-0.05, 0) is 49.8 Å². The van der Waals surface area contributed by atoms with Gasteiger partial charge in [-0.3, -0.25) is 24.6 Å². The molecule has 0 unspecified atom stereocenters. The molecule has 3 rings (SSSR count). The van der Waals surface area contributed by atoms with E-state index in [4.69, 9.17) is 23.2 Å². The maximum atomic E-state index is 12.7. The van der Waals surface area contributed by atoms with Crippen molar-refractivity contribution in [2.24, 2.45) is 0 Å². The van der Waals surface area contributed by atoms with E-state index >= 15 is 0 Å². The minimum Gasteiger partial charge on any atom is -0.342 e. The van der Waals surface area contributed by atoms with Crippen LogP contribution < -0.4 is 0 Å². The number of nitro benzene ring substituents is 1. The lowest BCUT2D eigenvalue weighted by molar-refractivity contribution is -0.387. The van der Waals surface area contributed by atoms with Crippen molar-refractivity contribution in [2.45, 2.75) is 23.6 Å². The highest BCUT2D eigenvalue weighted by Crippen LogP contribution is 2.39. The van der Waals surface area contributed by atoms with E-state index < -0.39 is 4.92 Å². The van der Waals surface area contributed by atoms with Crippen molar-refractivity contribution in [3.63, 3.8) is 0 Å². The molecule has 2 aromatic carbocycles. The van der Waals surface area contributed by atoms with Crippen LogP contribution in [0.1, 0.15) is 19.4 Å². The molecule has 0 aromatic heterocycles. The average molecular weight is 551 g/mol. The van der Waals surface area contributed by atoms with Gasteiger partial charge < -0.3 is 9.80 Å². The number of halogens is 2. The van der Waals surface area contributed by atoms with Gasteiger partial charge in [0.1, 0.15) is 0 Å². The fourth-order valence-corrected chi connectivity index (χ4v) is 5.24. The Balaban J connectivity index is 1.61. The van der Waals surface area contributed by atoms with Crippen LogP contribution in [0.4, 0.5) is 5.69 Å². The summed E-state index contributed by atoms with van der Waals surface area (Å²) in [4.78, 5) is 42.9. The van der Waals surface area contributed by atoms with Crippen LogP contribution in [0.25, 0.3) is 6.08 Å². The van der Waals surface area contributed by atoms with Gasteiger partial charge in [0, 0.05) is 61.3 Å². The fraction of sp³-hybridized carbons (Fsp3) is 0.360. The summed E-state index contributed by atoms with van der Waals surface area (Å²) in [7, 11) is 0. The van der Waals surface area contributed by atoms with E-state index in [1.165, 1.54) is 23.9 Å². The number of hydrogen-bond acceptors (Lipinski definition) is 6. The summed E-state index contributed by atoms with van der Waals surface area (Å²) in [6, 6.07) is 9.77. The van der Waals surface area contributed by atoms with Gasteiger partial charge in [-0.25, -0.2) is 0 Å². The Hall–Kier alpha value is -2.59. The van der Waals surface area contributed by atoms with Gasteiger partial charge in [-0.1, -0.05) is 41.0 Å². The van der Waals surface area contributed by atoms with E-state index in [0.29, 0.717) is 71.2 Å². The summed E-state index contributed by atoms with van der Waals surface area (Å²) < 4.78 is 0. The molecule has 2 aromatic rings. The molecule has 0 spiro atoms. The summed E-state index contributed by atoms with van der Waals surface area (Å²) in [5.74, 6) is -0.0695. The normalized spacial score (nSPS) is 14.3. The molecule has 0 radical (unpaired) electrons. The summed E-state index contributed by atoms with van der Waals surface area (Å²) in [6.45, 7) is 7.93. The molecule has 0 saturated carbocycles. The standard InChI is InChI=1S/C25H28Cl2N4O4S/c1-3-29(4-2)25(33)17-28-11-13-30(14-12-28)24(32)10-6-18-5-8-23(21(15-18)31(34)35)36-22-9-7-19(26)16-20(22)27/h5-10,15-16H,3-4,11-14,17H2,1-2H3/b10-6+. The number of piperazine rings is 1. The predicted molar refractivity (Wildman–Crippen MR) is 144 cm³/mol. The van der Waals surface area contributed by atoms with Crippen molar-refractivity contribution in [3.05, 3.63) is 68.2 Å². The average Bonchev–Trinajstić information content (AvgIpc) is 2.86. The summed E-state index contributed by atoms with van der Waals surface area (Å²) in [5.41, 5.74) is 0.470. The molecule has 36 heavy (non-hydrogen) atoms. The van der Waals surface area contributed by atoms with E-state index in [-0.39, 0.29) is 17.5 Å². The van der Waals surface area contributed by atoms with Crippen molar-refractivity contribution in [2.75, 3.05) is 45.8 Å². The Kier molecular flexibility index (Phi) is 10.2. The van der Waals surface area contributed by atoms with Crippen molar-refractivity contribution < 1.29 is 14.5 Å². The molecule has 2 amide bonds. The first-order chi connectivity index (χ1) is 17.2. The number of hydrogen-bond donors (Lipinski definition) is 0. The van der Waals surface area contributed by atoms with Crippen LogP contribution in [-0.4, -0.2) is 77.3 Å². The first-order valence-electron chi connectivity index (χ1n) is 11.6. The smallest absolute Gasteiger partial charge is 0.283 e. The molecule has 1 saturated heterocycles. The van der Waals surface area contributed by atoms with Crippen LogP contribution in [0.15, 0.2) is 52.3 Å². The second kappa shape index (κ2) is 13.1. The molecule has 0 N–H and O–H groups in total. The van der Waals surface area contributed by atoms with E-state index in [9.17, 15) is 19.7 Å². The van der Waals surface area contributed by atoms with Crippen LogP contribution in [0.5, 0.6) is 0 Å². The van der Waals surface area contributed by atoms with Crippen LogP contribution in [0.2, 0.25) is 10.0 Å². The Morgan fingerprint density at radius 2 is 1.72 bits per heavy atom. The van der Waals surface area contributed by atoms with Gasteiger partial charge in [0.25, 0.3) is 5.69 Å². The van der Waals surface area contributed by atoms with Crippen LogP contribution >= 0.6 is 35.0 Å². The van der Waals surface area contributed by atoms with Gasteiger partial charge in [0.15, 0.2) is 0 Å². The first kappa shape index (κ1) is 28.0. The monoisotopic (exact) mass is 550 g/mol. The van der Waals surface area contributed by atoms with E-state index in [2.05, 4.69) is 4.90 Å². The van der Waals surface area contributed by atoms with Crippen molar-refractivity contribution in [1.29, 1.82) is 0 Å². The lowest BCUT2D eigenvalue weighted by Crippen LogP contribution is -2.51. The zero-order valence-electron chi connectivity index (χ0n) is 20.2. The van der Waals surface area contributed by atoms with Gasteiger partial charge in [-0.2, -0.15) is 0 Å². The maximum absolute atomic E-state index is 12.7. The van der Waals surface area contributed by atoms with Crippen molar-refractivity contribution in [1.82, 2.24) is 14.7 Å². The third kappa shape index (κ3) is 7.46. The SMILES string of the molecule is CCN(CC)C(=O)CN1CCN(C(=O)/C=C/c2ccc(Sc3ccc(Cl)cc3Cl)c([N+](=O)[O-])c2)CC1. The highest BCUT2D eigenvalue weighted by Gasteiger charge is 2.23. The topological polar surface area (TPSA) is 87.0 Å². The molecule has 0 aliphatic carbocycles. The highest BCUT2D eigenvalue weighted by atomic mass is 35.5. The summed E-state index contributed by atoms with van der Waals surface area (Å²) in [5, 5.41) is 12.6. The first-order valence-corrected chi connectivity index (χ1v) is 13.2. The summed E-state index contributed by atoms with van der Waals surface area (Å²) in [6.07, 6.45) is 3.01. The molecule has 1 aliphatic rings. The van der Waals surface area contributed by atoms with E-state index in [1.54, 1.807) is 46.2 Å². The van der Waals surface area contributed by atoms with Gasteiger partial charge in [0.2, 0.25) is 11.8 Å². The van der Waals surface area contributed by atoms with Crippen LogP contribution in [0.3, 0.4) is 0 Å². The number of nitrogens with zero attached hydrogens (tertiary/aromatic N) is 4. The highest BCUT2D eigenvalue weighted by molar-refractivity contribution is 7.99. The summed E-state index contributed by atoms with van der Waals surface area (Å²) >= 11 is 13.3. The van der Waals surface area contributed by atoms with Crippen LogP contribution in [-0.2, 0) is 9.59 Å². The zero-order chi connectivity index (χ0) is 26.2. The number of likely N-dealkylation sites (N-methyl/N-ethyl adjacent to an activating group) is 1. The van der Waals surface area contributed by atoms with E-state index in [1.807, 2.05) is 13.8 Å². The Bertz CT molecular complexity index is 1150. The van der Waals surface area contributed by atoms with Gasteiger partial charge in [-0.15, -0.1) is 0 Å². The minimum atomic E-state index is -0.454. The molecular weight excluding hydrogens is 523 g/mol. The van der Waals surface area contributed by atoms with Crippen molar-refractivity contribution in [3.8, 4) is 0 Å². The van der Waals surface area contributed by atoms with Gasteiger partial charge in [0.05, 0.1) is 21.4 Å². The number of carbonyl (C=O) groups is 2.